The first kappa shape index (κ1) is 17.2. The van der Waals surface area contributed by atoms with Gasteiger partial charge in [0, 0.05) is 6.54 Å². The minimum Gasteiger partial charge on any atom is -0.350 e. The second-order valence-corrected chi connectivity index (χ2v) is 6.79. The molecule has 2 aromatic rings. The Morgan fingerprint density at radius 2 is 1.89 bits per heavy atom. The highest BCUT2D eigenvalue weighted by molar-refractivity contribution is 6.09. The van der Waals surface area contributed by atoms with Gasteiger partial charge in [0.25, 0.3) is 5.91 Å². The van der Waals surface area contributed by atoms with Crippen molar-refractivity contribution in [3.8, 4) is 0 Å². The molecular weight excluding hydrogens is 349 g/mol. The van der Waals surface area contributed by atoms with Gasteiger partial charge < -0.3 is 10.6 Å². The Morgan fingerprint density at radius 3 is 2.67 bits per heavy atom. The number of urea groups is 1. The van der Waals surface area contributed by atoms with Crippen LogP contribution in [0.1, 0.15) is 23.1 Å². The normalized spacial score (nSPS) is 20.7. The first-order valence-electron chi connectivity index (χ1n) is 8.73. The quantitative estimate of drug-likeness (QED) is 0.810. The third kappa shape index (κ3) is 2.95. The predicted octanol–water partition coefficient (Wildman–Crippen LogP) is 1.84. The van der Waals surface area contributed by atoms with Crippen LogP contribution in [-0.4, -0.2) is 29.3 Å². The van der Waals surface area contributed by atoms with Crippen LogP contribution in [0.3, 0.4) is 0 Å². The molecule has 0 unspecified atom stereocenters. The molecule has 0 aromatic heterocycles. The van der Waals surface area contributed by atoms with Gasteiger partial charge in [-0.05, 0) is 41.7 Å². The maximum atomic E-state index is 13.0. The monoisotopic (exact) mass is 367 g/mol. The Hall–Kier alpha value is -3.22. The van der Waals surface area contributed by atoms with Crippen molar-refractivity contribution in [3.05, 3.63) is 71.0 Å². The van der Waals surface area contributed by atoms with E-state index in [9.17, 15) is 18.8 Å². The van der Waals surface area contributed by atoms with Crippen molar-refractivity contribution in [2.75, 3.05) is 6.54 Å². The SMILES string of the molecule is O=C(CN1C(=O)N[C@@]2(CCc3ccccc32)C1=O)NCc1ccc(F)cc1. The molecule has 1 atom stereocenters. The second-order valence-electron chi connectivity index (χ2n) is 6.79. The van der Waals surface area contributed by atoms with Crippen molar-refractivity contribution in [2.45, 2.75) is 24.9 Å². The topological polar surface area (TPSA) is 78.5 Å². The number of aryl methyl sites for hydroxylation is 1. The number of carbonyl (C=O) groups excluding carboxylic acids is 3. The first-order chi connectivity index (χ1) is 13.0. The van der Waals surface area contributed by atoms with Crippen LogP contribution >= 0.6 is 0 Å². The van der Waals surface area contributed by atoms with E-state index in [1.807, 2.05) is 24.3 Å². The molecule has 0 radical (unpaired) electrons. The standard InChI is InChI=1S/C20H18FN3O3/c21-15-7-5-13(6-8-15)11-22-17(25)12-24-18(26)20(23-19(24)27)10-9-14-3-1-2-4-16(14)20/h1-8H,9-12H2,(H,22,25)(H,23,27)/t20-/m1/s1. The fourth-order valence-electron chi connectivity index (χ4n) is 3.74. The second kappa shape index (κ2) is 6.50. The lowest BCUT2D eigenvalue weighted by atomic mass is 9.92. The van der Waals surface area contributed by atoms with Crippen LogP contribution in [0.15, 0.2) is 48.5 Å². The average molecular weight is 367 g/mol. The highest BCUT2D eigenvalue weighted by atomic mass is 19.1. The zero-order valence-corrected chi connectivity index (χ0v) is 14.5. The lowest BCUT2D eigenvalue weighted by molar-refractivity contribution is -0.135. The van der Waals surface area contributed by atoms with Gasteiger partial charge in [0.15, 0.2) is 0 Å². The van der Waals surface area contributed by atoms with Crippen LogP contribution in [0.25, 0.3) is 0 Å². The van der Waals surface area contributed by atoms with Crippen LogP contribution in [0.2, 0.25) is 0 Å². The predicted molar refractivity (Wildman–Crippen MR) is 94.9 cm³/mol. The molecule has 0 saturated carbocycles. The third-order valence-electron chi connectivity index (χ3n) is 5.13. The summed E-state index contributed by atoms with van der Waals surface area (Å²) < 4.78 is 12.9. The third-order valence-corrected chi connectivity index (χ3v) is 5.13. The lowest BCUT2D eigenvalue weighted by Gasteiger charge is -2.22. The van der Waals surface area contributed by atoms with Crippen LogP contribution in [0.4, 0.5) is 9.18 Å². The molecule has 1 heterocycles. The minimum atomic E-state index is -1.06. The molecule has 1 aliphatic carbocycles. The summed E-state index contributed by atoms with van der Waals surface area (Å²) in [5, 5.41) is 5.44. The van der Waals surface area contributed by atoms with E-state index < -0.39 is 23.4 Å². The molecule has 2 aliphatic rings. The highest BCUT2D eigenvalue weighted by Gasteiger charge is 2.55. The molecule has 1 saturated heterocycles. The van der Waals surface area contributed by atoms with Gasteiger partial charge in [-0.1, -0.05) is 36.4 Å². The zero-order valence-electron chi connectivity index (χ0n) is 14.5. The van der Waals surface area contributed by atoms with Crippen molar-refractivity contribution in [1.82, 2.24) is 15.5 Å². The van der Waals surface area contributed by atoms with E-state index in [0.29, 0.717) is 12.8 Å². The van der Waals surface area contributed by atoms with E-state index in [2.05, 4.69) is 10.6 Å². The molecule has 4 rings (SSSR count). The van der Waals surface area contributed by atoms with E-state index in [0.717, 1.165) is 21.6 Å². The van der Waals surface area contributed by atoms with Crippen molar-refractivity contribution in [1.29, 1.82) is 0 Å². The molecule has 1 fully saturated rings. The number of hydrogen-bond donors (Lipinski definition) is 2. The number of carbonyl (C=O) groups is 3. The van der Waals surface area contributed by atoms with Crippen LogP contribution < -0.4 is 10.6 Å². The smallest absolute Gasteiger partial charge is 0.325 e. The molecule has 7 heteroatoms. The molecule has 1 aliphatic heterocycles. The van der Waals surface area contributed by atoms with E-state index in [-0.39, 0.29) is 18.9 Å². The fourth-order valence-corrected chi connectivity index (χ4v) is 3.74. The number of nitrogens with one attached hydrogen (secondary N) is 2. The van der Waals surface area contributed by atoms with Gasteiger partial charge >= 0.3 is 6.03 Å². The van der Waals surface area contributed by atoms with Crippen molar-refractivity contribution in [2.24, 2.45) is 0 Å². The number of nitrogens with zero attached hydrogens (tertiary/aromatic N) is 1. The van der Waals surface area contributed by atoms with Gasteiger partial charge in [0.2, 0.25) is 5.91 Å². The maximum Gasteiger partial charge on any atom is 0.325 e. The molecule has 1 spiro atoms. The summed E-state index contributed by atoms with van der Waals surface area (Å²) in [6.45, 7) is -0.160. The van der Waals surface area contributed by atoms with Crippen molar-refractivity contribution >= 4 is 17.8 Å². The lowest BCUT2D eigenvalue weighted by Crippen LogP contribution is -2.43. The molecule has 6 nitrogen and oxygen atoms in total. The number of imide groups is 1. The summed E-state index contributed by atoms with van der Waals surface area (Å²) in [5.74, 6) is -1.20. The number of amides is 4. The fraction of sp³-hybridized carbons (Fsp3) is 0.250. The van der Waals surface area contributed by atoms with Crippen LogP contribution in [0.5, 0.6) is 0 Å². The van der Waals surface area contributed by atoms with E-state index in [1.54, 1.807) is 12.1 Å². The van der Waals surface area contributed by atoms with Crippen LogP contribution in [0, 0.1) is 5.82 Å². The first-order valence-corrected chi connectivity index (χ1v) is 8.73. The summed E-state index contributed by atoms with van der Waals surface area (Å²) >= 11 is 0. The maximum absolute atomic E-state index is 13.0. The molecule has 4 amide bonds. The van der Waals surface area contributed by atoms with Gasteiger partial charge in [-0.25, -0.2) is 9.18 Å². The van der Waals surface area contributed by atoms with Gasteiger partial charge in [0.05, 0.1) is 0 Å². The summed E-state index contributed by atoms with van der Waals surface area (Å²) in [4.78, 5) is 38.5. The minimum absolute atomic E-state index is 0.191. The van der Waals surface area contributed by atoms with E-state index >= 15 is 0 Å². The number of rotatable bonds is 4. The Morgan fingerprint density at radius 1 is 1.15 bits per heavy atom. The molecule has 138 valence electrons. The van der Waals surface area contributed by atoms with Gasteiger partial charge in [-0.15, -0.1) is 0 Å². The summed E-state index contributed by atoms with van der Waals surface area (Å²) in [6.07, 6.45) is 1.19. The summed E-state index contributed by atoms with van der Waals surface area (Å²) in [5.41, 5.74) is 1.50. The Kier molecular flexibility index (Phi) is 4.14. The molecular formula is C20H18FN3O3. The Balaban J connectivity index is 1.44. The van der Waals surface area contributed by atoms with Gasteiger partial charge in [-0.3, -0.25) is 14.5 Å². The summed E-state index contributed by atoms with van der Waals surface area (Å²) in [7, 11) is 0. The number of fused-ring (bicyclic) bond motifs is 2. The molecule has 2 aromatic carbocycles. The van der Waals surface area contributed by atoms with Gasteiger partial charge in [-0.2, -0.15) is 0 Å². The molecule has 2 N–H and O–H groups in total. The molecule has 0 bridgehead atoms. The highest BCUT2D eigenvalue weighted by Crippen LogP contribution is 2.41. The average Bonchev–Trinajstić information content (AvgIpc) is 3.15. The number of hydrogen-bond acceptors (Lipinski definition) is 3. The Labute approximate surface area is 155 Å². The van der Waals surface area contributed by atoms with E-state index in [1.165, 1.54) is 12.1 Å². The van der Waals surface area contributed by atoms with Crippen LogP contribution in [-0.2, 0) is 28.1 Å². The van der Waals surface area contributed by atoms with Crippen molar-refractivity contribution in [3.63, 3.8) is 0 Å². The van der Waals surface area contributed by atoms with E-state index in [4.69, 9.17) is 0 Å². The van der Waals surface area contributed by atoms with Crippen molar-refractivity contribution < 1.29 is 18.8 Å². The Bertz CT molecular complexity index is 928. The van der Waals surface area contributed by atoms with Gasteiger partial charge in [0.1, 0.15) is 17.9 Å². The molecule has 27 heavy (non-hydrogen) atoms. The summed E-state index contributed by atoms with van der Waals surface area (Å²) in [6, 6.07) is 12.7. The largest absolute Gasteiger partial charge is 0.350 e. The number of halogens is 1. The number of benzene rings is 2. The zero-order chi connectivity index (χ0) is 19.0.